The number of nitrogens with one attached hydrogen (secondary N) is 1. The van der Waals surface area contributed by atoms with E-state index in [2.05, 4.69) is 15.6 Å². The summed E-state index contributed by atoms with van der Waals surface area (Å²) in [6.07, 6.45) is 0. The summed E-state index contributed by atoms with van der Waals surface area (Å²) in [6, 6.07) is 14.6. The van der Waals surface area contributed by atoms with Crippen LogP contribution in [0, 0.1) is 6.92 Å². The van der Waals surface area contributed by atoms with Crippen molar-refractivity contribution in [3.63, 3.8) is 0 Å². The molecule has 1 amide bonds. The van der Waals surface area contributed by atoms with Gasteiger partial charge in [0.15, 0.2) is 0 Å². The molecule has 5 nitrogen and oxygen atoms in total. The molecule has 2 aromatic heterocycles. The van der Waals surface area contributed by atoms with E-state index in [1.807, 2.05) is 37.3 Å². The van der Waals surface area contributed by atoms with Crippen molar-refractivity contribution < 1.29 is 4.79 Å². The van der Waals surface area contributed by atoms with Gasteiger partial charge in [0, 0.05) is 5.56 Å². The van der Waals surface area contributed by atoms with Crippen LogP contribution in [-0.4, -0.2) is 20.7 Å². The number of anilines is 1. The monoisotopic (exact) mass is 252 g/mol. The second kappa shape index (κ2) is 4.53. The molecule has 0 saturated heterocycles. The smallest absolute Gasteiger partial charge is 0.256 e. The van der Waals surface area contributed by atoms with Crippen molar-refractivity contribution in [2.75, 3.05) is 5.32 Å². The van der Waals surface area contributed by atoms with Crippen LogP contribution in [0.2, 0.25) is 0 Å². The minimum Gasteiger partial charge on any atom is -0.306 e. The number of pyridine rings is 1. The third kappa shape index (κ3) is 2.06. The number of hydrogen-bond acceptors (Lipinski definition) is 3. The fraction of sp³-hybridized carbons (Fsp3) is 0.0714. The topological polar surface area (TPSA) is 59.3 Å². The molecule has 0 aliphatic rings. The number of amides is 1. The summed E-state index contributed by atoms with van der Waals surface area (Å²) in [5, 5.41) is 10.9. The minimum absolute atomic E-state index is 0.166. The lowest BCUT2D eigenvalue weighted by Gasteiger charge is -2.06. The highest BCUT2D eigenvalue weighted by Gasteiger charge is 2.09. The molecule has 3 aromatic rings. The second-order valence-corrected chi connectivity index (χ2v) is 4.20. The molecule has 5 heteroatoms. The van der Waals surface area contributed by atoms with Gasteiger partial charge in [0.1, 0.15) is 5.82 Å². The number of carbonyl (C=O) groups is 1. The van der Waals surface area contributed by atoms with Crippen molar-refractivity contribution >= 4 is 17.2 Å². The average molecular weight is 252 g/mol. The van der Waals surface area contributed by atoms with Crippen LogP contribution in [0.4, 0.5) is 5.82 Å². The van der Waals surface area contributed by atoms with Crippen LogP contribution in [-0.2, 0) is 0 Å². The fourth-order valence-corrected chi connectivity index (χ4v) is 1.91. The number of aryl methyl sites for hydroxylation is 1. The van der Waals surface area contributed by atoms with Gasteiger partial charge in [0.25, 0.3) is 5.91 Å². The van der Waals surface area contributed by atoms with E-state index in [0.29, 0.717) is 11.4 Å². The summed E-state index contributed by atoms with van der Waals surface area (Å²) in [4.78, 5) is 12.1. The van der Waals surface area contributed by atoms with Crippen molar-refractivity contribution in [2.45, 2.75) is 6.92 Å². The highest BCUT2D eigenvalue weighted by molar-refractivity contribution is 6.03. The van der Waals surface area contributed by atoms with E-state index in [4.69, 9.17) is 0 Å². The molecule has 1 aromatic carbocycles. The van der Waals surface area contributed by atoms with Gasteiger partial charge in [-0.15, -0.1) is 5.10 Å². The molecule has 0 radical (unpaired) electrons. The molecule has 0 saturated carbocycles. The molecular formula is C14H12N4O. The van der Waals surface area contributed by atoms with Crippen LogP contribution < -0.4 is 5.32 Å². The first kappa shape index (κ1) is 11.4. The number of benzene rings is 1. The van der Waals surface area contributed by atoms with Crippen molar-refractivity contribution in [3.05, 3.63) is 59.8 Å². The van der Waals surface area contributed by atoms with E-state index >= 15 is 0 Å². The Morgan fingerprint density at radius 1 is 1.11 bits per heavy atom. The van der Waals surface area contributed by atoms with E-state index < -0.39 is 0 Å². The maximum Gasteiger partial charge on any atom is 0.256 e. The van der Waals surface area contributed by atoms with Gasteiger partial charge in [-0.3, -0.25) is 4.79 Å². The summed E-state index contributed by atoms with van der Waals surface area (Å²) in [7, 11) is 0. The summed E-state index contributed by atoms with van der Waals surface area (Å²) in [5.74, 6) is 0.438. The number of rotatable bonds is 2. The number of nitrogens with zero attached hydrogens (tertiary/aromatic N) is 3. The Hall–Kier alpha value is -2.69. The highest BCUT2D eigenvalue weighted by Crippen LogP contribution is 2.14. The predicted molar refractivity (Wildman–Crippen MR) is 72.1 cm³/mol. The van der Waals surface area contributed by atoms with E-state index in [1.165, 1.54) is 0 Å². The Morgan fingerprint density at radius 2 is 1.89 bits per heavy atom. The number of fused-ring (bicyclic) bond motifs is 1. The van der Waals surface area contributed by atoms with Crippen LogP contribution in [0.1, 0.15) is 16.1 Å². The standard InChI is InChI=1S/C14H12N4O/c1-10-12-8-5-9-13(18(12)17-16-10)15-14(19)11-6-3-2-4-7-11/h2-9H,1H3,(H,15,19). The molecule has 94 valence electrons. The molecule has 0 fully saturated rings. The van der Waals surface area contributed by atoms with Crippen LogP contribution >= 0.6 is 0 Å². The molecule has 0 aliphatic carbocycles. The van der Waals surface area contributed by atoms with E-state index in [1.54, 1.807) is 22.7 Å². The van der Waals surface area contributed by atoms with Gasteiger partial charge in [-0.05, 0) is 31.2 Å². The summed E-state index contributed by atoms with van der Waals surface area (Å²) in [5.41, 5.74) is 2.32. The van der Waals surface area contributed by atoms with Gasteiger partial charge in [0.2, 0.25) is 0 Å². The van der Waals surface area contributed by atoms with Gasteiger partial charge in [0.05, 0.1) is 11.2 Å². The quantitative estimate of drug-likeness (QED) is 0.761. The third-order valence-corrected chi connectivity index (χ3v) is 2.90. The SMILES string of the molecule is Cc1nnn2c(NC(=O)c3ccccc3)cccc12. The lowest BCUT2D eigenvalue weighted by molar-refractivity contribution is 0.102. The average Bonchev–Trinajstić information content (AvgIpc) is 2.83. The summed E-state index contributed by atoms with van der Waals surface area (Å²) >= 11 is 0. The molecule has 19 heavy (non-hydrogen) atoms. The molecule has 1 N–H and O–H groups in total. The Bertz CT molecular complexity index is 734. The molecule has 0 spiro atoms. The first-order valence-corrected chi connectivity index (χ1v) is 5.93. The predicted octanol–water partition coefficient (Wildman–Crippen LogP) is 2.29. The molecular weight excluding hydrogens is 240 g/mol. The van der Waals surface area contributed by atoms with Crippen molar-refractivity contribution in [1.29, 1.82) is 0 Å². The second-order valence-electron chi connectivity index (χ2n) is 4.20. The lowest BCUT2D eigenvalue weighted by Crippen LogP contribution is -2.14. The number of hydrogen-bond donors (Lipinski definition) is 1. The van der Waals surface area contributed by atoms with Gasteiger partial charge >= 0.3 is 0 Å². The van der Waals surface area contributed by atoms with Crippen molar-refractivity contribution in [3.8, 4) is 0 Å². The third-order valence-electron chi connectivity index (χ3n) is 2.90. The lowest BCUT2D eigenvalue weighted by atomic mass is 10.2. The van der Waals surface area contributed by atoms with Gasteiger partial charge in [-0.25, -0.2) is 0 Å². The summed E-state index contributed by atoms with van der Waals surface area (Å²) in [6.45, 7) is 1.88. The Labute approximate surface area is 109 Å². The van der Waals surface area contributed by atoms with Gasteiger partial charge in [-0.1, -0.05) is 29.5 Å². The maximum absolute atomic E-state index is 12.1. The molecule has 0 aliphatic heterocycles. The molecule has 0 bridgehead atoms. The molecule has 2 heterocycles. The largest absolute Gasteiger partial charge is 0.306 e. The molecule has 0 atom stereocenters. The van der Waals surface area contributed by atoms with Crippen molar-refractivity contribution in [1.82, 2.24) is 14.8 Å². The minimum atomic E-state index is -0.166. The number of aromatic nitrogens is 3. The normalized spacial score (nSPS) is 10.6. The van der Waals surface area contributed by atoms with Crippen LogP contribution in [0.15, 0.2) is 48.5 Å². The number of carbonyl (C=O) groups excluding carboxylic acids is 1. The van der Waals surface area contributed by atoms with Crippen LogP contribution in [0.5, 0.6) is 0 Å². The molecule has 3 rings (SSSR count). The van der Waals surface area contributed by atoms with Crippen LogP contribution in [0.3, 0.4) is 0 Å². The maximum atomic E-state index is 12.1. The zero-order valence-corrected chi connectivity index (χ0v) is 10.4. The van der Waals surface area contributed by atoms with Gasteiger partial charge < -0.3 is 5.32 Å². The first-order valence-electron chi connectivity index (χ1n) is 5.93. The Kier molecular flexibility index (Phi) is 2.72. The zero-order valence-electron chi connectivity index (χ0n) is 10.4. The highest BCUT2D eigenvalue weighted by atomic mass is 16.1. The van der Waals surface area contributed by atoms with Gasteiger partial charge in [-0.2, -0.15) is 4.52 Å². The van der Waals surface area contributed by atoms with E-state index in [-0.39, 0.29) is 5.91 Å². The van der Waals surface area contributed by atoms with Crippen LogP contribution in [0.25, 0.3) is 5.52 Å². The fourth-order valence-electron chi connectivity index (χ4n) is 1.91. The van der Waals surface area contributed by atoms with E-state index in [9.17, 15) is 4.79 Å². The Morgan fingerprint density at radius 3 is 2.68 bits per heavy atom. The van der Waals surface area contributed by atoms with E-state index in [0.717, 1.165) is 11.2 Å². The zero-order chi connectivity index (χ0) is 13.2. The first-order chi connectivity index (χ1) is 9.25. The van der Waals surface area contributed by atoms with Crippen molar-refractivity contribution in [2.24, 2.45) is 0 Å². The summed E-state index contributed by atoms with van der Waals surface area (Å²) < 4.78 is 1.62. The Balaban J connectivity index is 1.96. The molecule has 0 unspecified atom stereocenters.